The normalized spacial score (nSPS) is 17.4. The number of amides is 3. The highest BCUT2D eigenvalue weighted by molar-refractivity contribution is 5.86. The van der Waals surface area contributed by atoms with Crippen molar-refractivity contribution in [1.29, 1.82) is 0 Å². The van der Waals surface area contributed by atoms with E-state index >= 15 is 0 Å². The summed E-state index contributed by atoms with van der Waals surface area (Å²) in [7, 11) is 0. The average molecular weight is 261 g/mol. The first kappa shape index (κ1) is 16.7. The lowest BCUT2D eigenvalue weighted by Gasteiger charge is -2.26. The van der Waals surface area contributed by atoms with Crippen molar-refractivity contribution in [2.24, 2.45) is 11.7 Å². The van der Waals surface area contributed by atoms with Crippen LogP contribution in [0.5, 0.6) is 0 Å². The Morgan fingerprint density at radius 3 is 2.39 bits per heavy atom. The summed E-state index contributed by atoms with van der Waals surface area (Å²) >= 11 is 0. The van der Waals surface area contributed by atoms with Crippen molar-refractivity contribution in [2.75, 3.05) is 13.2 Å². The zero-order valence-electron chi connectivity index (χ0n) is 11.1. The number of rotatable bonds is 7. The van der Waals surface area contributed by atoms with Crippen LogP contribution in [0.1, 0.15) is 27.2 Å². The fourth-order valence-electron chi connectivity index (χ4n) is 1.30. The second-order valence-corrected chi connectivity index (χ2v) is 4.74. The van der Waals surface area contributed by atoms with Crippen LogP contribution in [-0.2, 0) is 4.79 Å². The van der Waals surface area contributed by atoms with Crippen molar-refractivity contribution < 1.29 is 19.8 Å². The summed E-state index contributed by atoms with van der Waals surface area (Å²) in [6, 6.07) is -1.52. The molecule has 106 valence electrons. The molecular weight excluding hydrogens is 238 g/mol. The van der Waals surface area contributed by atoms with Crippen LogP contribution in [0, 0.1) is 5.92 Å². The van der Waals surface area contributed by atoms with Crippen molar-refractivity contribution in [3.8, 4) is 0 Å². The van der Waals surface area contributed by atoms with Crippen molar-refractivity contribution >= 4 is 11.9 Å². The lowest BCUT2D eigenvalue weighted by atomic mass is 9.98. The second kappa shape index (κ2) is 7.17. The number of hydrogen-bond donors (Lipinski definition) is 5. The Morgan fingerprint density at radius 1 is 1.44 bits per heavy atom. The largest absolute Gasteiger partial charge is 0.393 e. The van der Waals surface area contributed by atoms with Gasteiger partial charge in [-0.15, -0.1) is 0 Å². The number of urea groups is 1. The van der Waals surface area contributed by atoms with Crippen LogP contribution in [0.15, 0.2) is 0 Å². The van der Waals surface area contributed by atoms with Gasteiger partial charge in [-0.05, 0) is 12.8 Å². The minimum atomic E-state index is -1.39. The summed E-state index contributed by atoms with van der Waals surface area (Å²) in [5.74, 6) is -0.520. The number of primary amides is 1. The maximum Gasteiger partial charge on any atom is 0.312 e. The molecule has 0 fully saturated rings. The Balaban J connectivity index is 4.52. The molecule has 3 atom stereocenters. The van der Waals surface area contributed by atoms with Gasteiger partial charge < -0.3 is 26.6 Å². The number of hydrogen-bond acceptors (Lipinski definition) is 4. The van der Waals surface area contributed by atoms with Gasteiger partial charge in [-0.3, -0.25) is 4.79 Å². The number of aliphatic hydroxyl groups excluding tert-OH is 1. The number of carbonyl (C=O) groups excluding carboxylic acids is 2. The first-order chi connectivity index (χ1) is 8.23. The summed E-state index contributed by atoms with van der Waals surface area (Å²) in [6.07, 6.45) is 0.689. The Morgan fingerprint density at radius 2 is 2.00 bits per heavy atom. The van der Waals surface area contributed by atoms with Gasteiger partial charge in [0.15, 0.2) is 0 Å². The molecule has 0 rings (SSSR count). The summed E-state index contributed by atoms with van der Waals surface area (Å²) in [5, 5.41) is 23.3. The molecule has 7 nitrogen and oxygen atoms in total. The summed E-state index contributed by atoms with van der Waals surface area (Å²) in [4.78, 5) is 22.7. The molecule has 0 aliphatic heterocycles. The minimum Gasteiger partial charge on any atom is -0.393 e. The lowest BCUT2D eigenvalue weighted by Crippen LogP contribution is -2.54. The molecule has 0 heterocycles. The zero-order valence-corrected chi connectivity index (χ0v) is 11.1. The van der Waals surface area contributed by atoms with E-state index in [0.717, 1.165) is 0 Å². The van der Waals surface area contributed by atoms with E-state index in [4.69, 9.17) is 10.8 Å². The van der Waals surface area contributed by atoms with E-state index in [9.17, 15) is 14.7 Å². The third-order valence-corrected chi connectivity index (χ3v) is 2.78. The van der Waals surface area contributed by atoms with Crippen molar-refractivity contribution in [3.05, 3.63) is 0 Å². The molecule has 0 bridgehead atoms. The highest BCUT2D eigenvalue weighted by Crippen LogP contribution is 2.08. The highest BCUT2D eigenvalue weighted by atomic mass is 16.3. The van der Waals surface area contributed by atoms with Gasteiger partial charge in [-0.2, -0.15) is 0 Å². The topological polar surface area (TPSA) is 125 Å². The Bertz CT molecular complexity index is 294. The van der Waals surface area contributed by atoms with Gasteiger partial charge in [-0.25, -0.2) is 4.79 Å². The minimum absolute atomic E-state index is 0.0865. The first-order valence-electron chi connectivity index (χ1n) is 5.90. The fourth-order valence-corrected chi connectivity index (χ4v) is 1.30. The summed E-state index contributed by atoms with van der Waals surface area (Å²) < 4.78 is 0. The monoisotopic (exact) mass is 261 g/mol. The van der Waals surface area contributed by atoms with Gasteiger partial charge in [-0.1, -0.05) is 20.3 Å². The van der Waals surface area contributed by atoms with Crippen LogP contribution in [-0.4, -0.2) is 46.9 Å². The standard InChI is InChI=1S/C11H23N3O4/c1-4-7(2)8(14-10(12)17)9(16)13-5-11(3,18)6-15/h7-8,15,18H,4-6H2,1-3H3,(H,13,16)(H3,12,14,17). The van der Waals surface area contributed by atoms with Crippen LogP contribution in [0.3, 0.4) is 0 Å². The van der Waals surface area contributed by atoms with Gasteiger partial charge in [0.05, 0.1) is 6.61 Å². The third-order valence-electron chi connectivity index (χ3n) is 2.78. The van der Waals surface area contributed by atoms with Crippen LogP contribution in [0.4, 0.5) is 4.79 Å². The molecule has 3 unspecified atom stereocenters. The zero-order chi connectivity index (χ0) is 14.3. The molecule has 6 N–H and O–H groups in total. The molecule has 3 amide bonds. The van der Waals surface area contributed by atoms with Crippen LogP contribution in [0.2, 0.25) is 0 Å². The number of nitrogens with one attached hydrogen (secondary N) is 2. The highest BCUT2D eigenvalue weighted by Gasteiger charge is 2.27. The third kappa shape index (κ3) is 5.83. The van der Waals surface area contributed by atoms with Crippen LogP contribution < -0.4 is 16.4 Å². The Kier molecular flexibility index (Phi) is 6.64. The van der Waals surface area contributed by atoms with Crippen molar-refractivity contribution in [3.63, 3.8) is 0 Å². The van der Waals surface area contributed by atoms with Gasteiger partial charge in [0, 0.05) is 6.54 Å². The maximum absolute atomic E-state index is 11.9. The van der Waals surface area contributed by atoms with Gasteiger partial charge in [0.1, 0.15) is 11.6 Å². The van der Waals surface area contributed by atoms with E-state index in [1.807, 2.05) is 13.8 Å². The molecule has 0 radical (unpaired) electrons. The molecule has 7 heteroatoms. The molecule has 0 aliphatic rings. The van der Waals surface area contributed by atoms with E-state index in [0.29, 0.717) is 6.42 Å². The smallest absolute Gasteiger partial charge is 0.312 e. The van der Waals surface area contributed by atoms with E-state index in [-0.39, 0.29) is 12.5 Å². The molecule has 0 aromatic rings. The van der Waals surface area contributed by atoms with E-state index < -0.39 is 30.2 Å². The Labute approximate surface area is 107 Å². The molecule has 18 heavy (non-hydrogen) atoms. The number of nitrogens with two attached hydrogens (primary N) is 1. The predicted octanol–water partition coefficient (Wildman–Crippen LogP) is -1.07. The molecule has 0 aromatic carbocycles. The second-order valence-electron chi connectivity index (χ2n) is 4.74. The molecule has 0 saturated heterocycles. The van der Waals surface area contributed by atoms with Gasteiger partial charge >= 0.3 is 6.03 Å². The molecular formula is C11H23N3O4. The quantitative estimate of drug-likeness (QED) is 0.400. The number of carbonyl (C=O) groups is 2. The van der Waals surface area contributed by atoms with Crippen LogP contribution >= 0.6 is 0 Å². The van der Waals surface area contributed by atoms with Crippen LogP contribution in [0.25, 0.3) is 0 Å². The molecule has 0 saturated carbocycles. The van der Waals surface area contributed by atoms with E-state index in [2.05, 4.69) is 10.6 Å². The van der Waals surface area contributed by atoms with Crippen molar-refractivity contribution in [2.45, 2.75) is 38.8 Å². The SMILES string of the molecule is CCC(C)C(NC(N)=O)C(=O)NCC(C)(O)CO. The maximum atomic E-state index is 11.9. The molecule has 0 spiro atoms. The molecule has 0 aliphatic carbocycles. The lowest BCUT2D eigenvalue weighted by molar-refractivity contribution is -0.125. The summed E-state index contributed by atoms with van der Waals surface area (Å²) in [6.45, 7) is 4.52. The fraction of sp³-hybridized carbons (Fsp3) is 0.818. The van der Waals surface area contributed by atoms with E-state index in [1.54, 1.807) is 0 Å². The van der Waals surface area contributed by atoms with Gasteiger partial charge in [0.2, 0.25) is 5.91 Å². The molecule has 0 aromatic heterocycles. The predicted molar refractivity (Wildman–Crippen MR) is 66.7 cm³/mol. The summed E-state index contributed by atoms with van der Waals surface area (Å²) in [5.41, 5.74) is 3.63. The first-order valence-corrected chi connectivity index (χ1v) is 5.90. The van der Waals surface area contributed by atoms with Gasteiger partial charge in [0.25, 0.3) is 0 Å². The van der Waals surface area contributed by atoms with E-state index in [1.165, 1.54) is 6.92 Å². The van der Waals surface area contributed by atoms with Crippen molar-refractivity contribution in [1.82, 2.24) is 10.6 Å². The average Bonchev–Trinajstić information content (AvgIpc) is 2.32. The number of aliphatic hydroxyl groups is 2. The Hall–Kier alpha value is -1.34.